The second-order valence-corrected chi connectivity index (χ2v) is 5.33. The zero-order valence-corrected chi connectivity index (χ0v) is 12.3. The molecule has 0 saturated heterocycles. The van der Waals surface area contributed by atoms with Crippen LogP contribution in [-0.4, -0.2) is 5.91 Å². The van der Waals surface area contributed by atoms with E-state index in [0.29, 0.717) is 5.69 Å². The van der Waals surface area contributed by atoms with Gasteiger partial charge in [-0.15, -0.1) is 0 Å². The fraction of sp³-hybridized carbons (Fsp3) is 0. The van der Waals surface area contributed by atoms with E-state index in [1.165, 1.54) is 12.1 Å². The molecule has 0 aromatic heterocycles. The number of amides is 1. The molecule has 0 fully saturated rings. The lowest BCUT2D eigenvalue weighted by Gasteiger charge is -2.08. The van der Waals surface area contributed by atoms with Crippen LogP contribution in [0, 0.1) is 5.82 Å². The van der Waals surface area contributed by atoms with E-state index in [2.05, 4.69) is 37.2 Å². The third-order valence-electron chi connectivity index (χ3n) is 2.30. The van der Waals surface area contributed by atoms with Crippen LogP contribution in [0.5, 0.6) is 0 Å². The minimum absolute atomic E-state index is 0.0207. The summed E-state index contributed by atoms with van der Waals surface area (Å²) in [5, 5.41) is 2.65. The third-order valence-corrected chi connectivity index (χ3v) is 3.45. The van der Waals surface area contributed by atoms with Crippen molar-refractivity contribution < 1.29 is 9.18 Å². The molecule has 5 heteroatoms. The zero-order chi connectivity index (χ0) is 13.1. The van der Waals surface area contributed by atoms with Crippen molar-refractivity contribution in [2.24, 2.45) is 0 Å². The Kier molecular flexibility index (Phi) is 4.14. The number of hydrogen-bond acceptors (Lipinski definition) is 1. The Bertz CT molecular complexity index is 601. The maximum atomic E-state index is 13.4. The first-order valence-electron chi connectivity index (χ1n) is 5.09. The van der Waals surface area contributed by atoms with E-state index in [9.17, 15) is 9.18 Å². The highest BCUT2D eigenvalue weighted by Crippen LogP contribution is 2.26. The molecule has 2 aromatic rings. The van der Waals surface area contributed by atoms with Gasteiger partial charge in [0.05, 0.1) is 11.3 Å². The van der Waals surface area contributed by atoms with Crippen LogP contribution in [0.15, 0.2) is 51.4 Å². The molecule has 2 aromatic carbocycles. The van der Waals surface area contributed by atoms with E-state index < -0.39 is 11.7 Å². The van der Waals surface area contributed by atoms with Crippen LogP contribution < -0.4 is 5.32 Å². The van der Waals surface area contributed by atoms with Gasteiger partial charge in [-0.2, -0.15) is 0 Å². The minimum atomic E-state index is -0.539. The van der Waals surface area contributed by atoms with Gasteiger partial charge in [0.2, 0.25) is 0 Å². The number of halogens is 3. The molecular weight excluding hydrogens is 365 g/mol. The molecule has 0 atom stereocenters. The summed E-state index contributed by atoms with van der Waals surface area (Å²) in [6, 6.07) is 11.2. The molecule has 0 heterocycles. The molecule has 0 saturated carbocycles. The summed E-state index contributed by atoms with van der Waals surface area (Å²) >= 11 is 6.64. The Balaban J connectivity index is 2.24. The molecule has 0 radical (unpaired) electrons. The van der Waals surface area contributed by atoms with Crippen LogP contribution in [0.4, 0.5) is 10.1 Å². The fourth-order valence-electron chi connectivity index (χ4n) is 1.43. The number of nitrogens with one attached hydrogen (secondary N) is 1. The molecule has 0 spiro atoms. The van der Waals surface area contributed by atoms with Crippen molar-refractivity contribution in [3.8, 4) is 0 Å². The molecule has 0 bridgehead atoms. The summed E-state index contributed by atoms with van der Waals surface area (Å²) in [6.07, 6.45) is 0. The zero-order valence-electron chi connectivity index (χ0n) is 9.08. The Labute approximate surface area is 120 Å². The summed E-state index contributed by atoms with van der Waals surface area (Å²) in [4.78, 5) is 11.9. The summed E-state index contributed by atoms with van der Waals surface area (Å²) in [5.41, 5.74) is 0.610. The SMILES string of the molecule is O=C(Nc1ccc(Br)cc1Br)c1ccccc1F. The molecule has 2 nitrogen and oxygen atoms in total. The van der Waals surface area contributed by atoms with E-state index >= 15 is 0 Å². The Morgan fingerprint density at radius 1 is 1.11 bits per heavy atom. The van der Waals surface area contributed by atoms with Crippen LogP contribution in [-0.2, 0) is 0 Å². The molecule has 0 unspecified atom stereocenters. The first kappa shape index (κ1) is 13.2. The topological polar surface area (TPSA) is 29.1 Å². The second kappa shape index (κ2) is 5.63. The molecule has 0 aliphatic rings. The van der Waals surface area contributed by atoms with Crippen molar-refractivity contribution in [1.82, 2.24) is 0 Å². The maximum absolute atomic E-state index is 13.4. The summed E-state index contributed by atoms with van der Waals surface area (Å²) in [6.45, 7) is 0. The van der Waals surface area contributed by atoms with Gasteiger partial charge in [-0.1, -0.05) is 28.1 Å². The Morgan fingerprint density at radius 3 is 2.50 bits per heavy atom. The van der Waals surface area contributed by atoms with Crippen molar-refractivity contribution in [1.29, 1.82) is 0 Å². The van der Waals surface area contributed by atoms with Crippen molar-refractivity contribution >= 4 is 43.5 Å². The van der Waals surface area contributed by atoms with Crippen molar-refractivity contribution in [3.05, 3.63) is 62.8 Å². The predicted octanol–water partition coefficient (Wildman–Crippen LogP) is 4.60. The molecule has 0 aliphatic heterocycles. The van der Waals surface area contributed by atoms with E-state index in [4.69, 9.17) is 0 Å². The average molecular weight is 373 g/mol. The lowest BCUT2D eigenvalue weighted by molar-refractivity contribution is 0.102. The van der Waals surface area contributed by atoms with Crippen LogP contribution in [0.1, 0.15) is 10.4 Å². The maximum Gasteiger partial charge on any atom is 0.258 e. The Hall–Kier alpha value is -1.20. The number of benzene rings is 2. The quantitative estimate of drug-likeness (QED) is 0.819. The summed E-state index contributed by atoms with van der Waals surface area (Å²) < 4.78 is 15.0. The van der Waals surface area contributed by atoms with Gasteiger partial charge in [0.25, 0.3) is 5.91 Å². The van der Waals surface area contributed by atoms with Crippen LogP contribution in [0.25, 0.3) is 0 Å². The van der Waals surface area contributed by atoms with Gasteiger partial charge in [-0.3, -0.25) is 4.79 Å². The first-order chi connectivity index (χ1) is 8.58. The van der Waals surface area contributed by atoms with Gasteiger partial charge in [-0.25, -0.2) is 4.39 Å². The number of carbonyl (C=O) groups is 1. The highest BCUT2D eigenvalue weighted by molar-refractivity contribution is 9.11. The molecule has 92 valence electrons. The first-order valence-corrected chi connectivity index (χ1v) is 6.67. The largest absolute Gasteiger partial charge is 0.321 e. The lowest BCUT2D eigenvalue weighted by atomic mass is 10.2. The molecule has 1 N–H and O–H groups in total. The summed E-state index contributed by atoms with van der Waals surface area (Å²) in [7, 11) is 0. The van der Waals surface area contributed by atoms with Crippen molar-refractivity contribution in [2.45, 2.75) is 0 Å². The van der Waals surface area contributed by atoms with Crippen molar-refractivity contribution in [3.63, 3.8) is 0 Å². The normalized spacial score (nSPS) is 10.2. The van der Waals surface area contributed by atoms with Crippen LogP contribution in [0.2, 0.25) is 0 Å². The predicted molar refractivity (Wildman–Crippen MR) is 76.2 cm³/mol. The summed E-state index contributed by atoms with van der Waals surface area (Å²) in [5.74, 6) is -1.01. The smallest absolute Gasteiger partial charge is 0.258 e. The molecule has 2 rings (SSSR count). The van der Waals surface area contributed by atoms with Gasteiger partial charge < -0.3 is 5.32 Å². The number of rotatable bonds is 2. The fourth-order valence-corrected chi connectivity index (χ4v) is 2.57. The average Bonchev–Trinajstić information content (AvgIpc) is 2.33. The van der Waals surface area contributed by atoms with Gasteiger partial charge >= 0.3 is 0 Å². The molecular formula is C13H8Br2FNO. The van der Waals surface area contributed by atoms with Gasteiger partial charge in [0.1, 0.15) is 5.82 Å². The monoisotopic (exact) mass is 371 g/mol. The second-order valence-electron chi connectivity index (χ2n) is 3.56. The number of carbonyl (C=O) groups excluding carboxylic acids is 1. The highest BCUT2D eigenvalue weighted by atomic mass is 79.9. The Morgan fingerprint density at radius 2 is 1.83 bits per heavy atom. The molecule has 0 aliphatic carbocycles. The van der Waals surface area contributed by atoms with Gasteiger partial charge in [0, 0.05) is 8.95 Å². The third kappa shape index (κ3) is 2.97. The number of anilines is 1. The molecule has 1 amide bonds. The highest BCUT2D eigenvalue weighted by Gasteiger charge is 2.12. The van der Waals surface area contributed by atoms with E-state index in [1.807, 2.05) is 0 Å². The van der Waals surface area contributed by atoms with E-state index in [1.54, 1.807) is 30.3 Å². The van der Waals surface area contributed by atoms with Crippen LogP contribution >= 0.6 is 31.9 Å². The van der Waals surface area contributed by atoms with Gasteiger partial charge in [-0.05, 0) is 46.3 Å². The van der Waals surface area contributed by atoms with Crippen LogP contribution in [0.3, 0.4) is 0 Å². The van der Waals surface area contributed by atoms with Crippen molar-refractivity contribution in [2.75, 3.05) is 5.32 Å². The molecule has 18 heavy (non-hydrogen) atoms. The minimum Gasteiger partial charge on any atom is -0.321 e. The lowest BCUT2D eigenvalue weighted by Crippen LogP contribution is -2.13. The number of hydrogen-bond donors (Lipinski definition) is 1. The standard InChI is InChI=1S/C13H8Br2FNO/c14-8-5-6-12(10(15)7-8)17-13(18)9-3-1-2-4-11(9)16/h1-7H,(H,17,18). The van der Waals surface area contributed by atoms with Gasteiger partial charge in [0.15, 0.2) is 0 Å². The van der Waals surface area contributed by atoms with E-state index in [-0.39, 0.29) is 5.56 Å². The van der Waals surface area contributed by atoms with E-state index in [0.717, 1.165) is 8.95 Å².